The molecular weight excluding hydrogens is 250 g/mol. The monoisotopic (exact) mass is 271 g/mol. The largest absolute Gasteiger partial charge is 0.323 e. The lowest BCUT2D eigenvalue weighted by atomic mass is 9.98. The van der Waals surface area contributed by atoms with Gasteiger partial charge in [0.2, 0.25) is 0 Å². The Kier molecular flexibility index (Phi) is 3.72. The van der Waals surface area contributed by atoms with Crippen LogP contribution in [-0.2, 0) is 19.3 Å². The SMILES string of the molecule is Cc1ccc(CC(N)c2cc3c(s2)CCCC3)cc1. The second-order valence-corrected chi connectivity index (χ2v) is 6.77. The minimum Gasteiger partial charge on any atom is -0.323 e. The summed E-state index contributed by atoms with van der Waals surface area (Å²) in [5.74, 6) is 0. The lowest BCUT2D eigenvalue weighted by Gasteiger charge is -2.09. The van der Waals surface area contributed by atoms with Crippen LogP contribution in [0.3, 0.4) is 0 Å². The molecule has 2 aromatic rings. The molecule has 3 rings (SSSR count). The van der Waals surface area contributed by atoms with Gasteiger partial charge in [-0.2, -0.15) is 0 Å². The van der Waals surface area contributed by atoms with E-state index < -0.39 is 0 Å². The van der Waals surface area contributed by atoms with E-state index in [0.717, 1.165) is 6.42 Å². The minimum absolute atomic E-state index is 0.151. The summed E-state index contributed by atoms with van der Waals surface area (Å²) in [6, 6.07) is 11.2. The molecule has 1 aliphatic carbocycles. The van der Waals surface area contributed by atoms with Crippen LogP contribution >= 0.6 is 11.3 Å². The van der Waals surface area contributed by atoms with Crippen molar-refractivity contribution in [3.8, 4) is 0 Å². The molecule has 0 fully saturated rings. The van der Waals surface area contributed by atoms with Crippen LogP contribution < -0.4 is 5.73 Å². The molecule has 1 heterocycles. The quantitative estimate of drug-likeness (QED) is 0.890. The van der Waals surface area contributed by atoms with E-state index in [9.17, 15) is 0 Å². The number of fused-ring (bicyclic) bond motifs is 1. The standard InChI is InChI=1S/C17H21NS/c1-12-6-8-13(9-7-12)10-15(18)17-11-14-4-2-3-5-16(14)19-17/h6-9,11,15H,2-5,10,18H2,1H3. The summed E-state index contributed by atoms with van der Waals surface area (Å²) in [7, 11) is 0. The summed E-state index contributed by atoms with van der Waals surface area (Å²) >= 11 is 1.94. The Balaban J connectivity index is 1.74. The van der Waals surface area contributed by atoms with E-state index in [4.69, 9.17) is 5.73 Å². The summed E-state index contributed by atoms with van der Waals surface area (Å²) in [5.41, 5.74) is 10.6. The fraction of sp³-hybridized carbons (Fsp3) is 0.412. The van der Waals surface area contributed by atoms with Gasteiger partial charge in [0.05, 0.1) is 0 Å². The first-order chi connectivity index (χ1) is 9.22. The van der Waals surface area contributed by atoms with Crippen LogP contribution in [0.15, 0.2) is 30.3 Å². The maximum atomic E-state index is 6.39. The average Bonchev–Trinajstić information content (AvgIpc) is 2.85. The van der Waals surface area contributed by atoms with Crippen LogP contribution in [0.4, 0.5) is 0 Å². The van der Waals surface area contributed by atoms with E-state index in [2.05, 4.69) is 37.3 Å². The molecule has 0 amide bonds. The summed E-state index contributed by atoms with van der Waals surface area (Å²) in [6.07, 6.45) is 6.15. The predicted octanol–water partition coefficient (Wildman–Crippen LogP) is 4.18. The molecule has 19 heavy (non-hydrogen) atoms. The zero-order valence-corrected chi connectivity index (χ0v) is 12.3. The van der Waals surface area contributed by atoms with Crippen LogP contribution in [0, 0.1) is 6.92 Å². The van der Waals surface area contributed by atoms with Crippen molar-refractivity contribution >= 4 is 11.3 Å². The average molecular weight is 271 g/mol. The highest BCUT2D eigenvalue weighted by atomic mass is 32.1. The number of hydrogen-bond donors (Lipinski definition) is 1. The Labute approximate surface area is 119 Å². The molecule has 1 aromatic heterocycles. The molecule has 100 valence electrons. The summed E-state index contributed by atoms with van der Waals surface area (Å²) in [5, 5.41) is 0. The Morgan fingerprint density at radius 3 is 2.63 bits per heavy atom. The highest BCUT2D eigenvalue weighted by Crippen LogP contribution is 2.33. The molecule has 0 saturated carbocycles. The molecule has 2 heteroatoms. The highest BCUT2D eigenvalue weighted by molar-refractivity contribution is 7.12. The first-order valence-corrected chi connectivity index (χ1v) is 7.96. The molecule has 1 unspecified atom stereocenters. The molecule has 1 aromatic carbocycles. The van der Waals surface area contributed by atoms with E-state index >= 15 is 0 Å². The van der Waals surface area contributed by atoms with Crippen LogP contribution in [0.1, 0.15) is 45.3 Å². The van der Waals surface area contributed by atoms with E-state index in [1.807, 2.05) is 11.3 Å². The molecule has 2 N–H and O–H groups in total. The van der Waals surface area contributed by atoms with Gasteiger partial charge in [0.25, 0.3) is 0 Å². The third-order valence-corrected chi connectivity index (χ3v) is 5.33. The van der Waals surface area contributed by atoms with Crippen molar-refractivity contribution < 1.29 is 0 Å². The number of benzene rings is 1. The van der Waals surface area contributed by atoms with Gasteiger partial charge in [0, 0.05) is 15.8 Å². The van der Waals surface area contributed by atoms with Gasteiger partial charge in [0.15, 0.2) is 0 Å². The second-order valence-electron chi connectivity index (χ2n) is 5.60. The Morgan fingerprint density at radius 1 is 1.16 bits per heavy atom. The molecule has 0 bridgehead atoms. The second kappa shape index (κ2) is 5.48. The fourth-order valence-electron chi connectivity index (χ4n) is 2.78. The molecule has 1 aliphatic rings. The number of nitrogens with two attached hydrogens (primary N) is 1. The Bertz CT molecular complexity index is 530. The van der Waals surface area contributed by atoms with E-state index in [1.54, 1.807) is 10.4 Å². The van der Waals surface area contributed by atoms with Gasteiger partial charge >= 0.3 is 0 Å². The van der Waals surface area contributed by atoms with Crippen molar-refractivity contribution in [2.75, 3.05) is 0 Å². The van der Waals surface area contributed by atoms with Gasteiger partial charge in [-0.15, -0.1) is 11.3 Å². The normalized spacial score (nSPS) is 16.1. The Hall–Kier alpha value is -1.12. The molecular formula is C17H21NS. The fourth-order valence-corrected chi connectivity index (χ4v) is 4.03. The van der Waals surface area contributed by atoms with Crippen molar-refractivity contribution in [1.82, 2.24) is 0 Å². The minimum atomic E-state index is 0.151. The highest BCUT2D eigenvalue weighted by Gasteiger charge is 2.17. The van der Waals surface area contributed by atoms with Gasteiger partial charge in [0.1, 0.15) is 0 Å². The lowest BCUT2D eigenvalue weighted by Crippen LogP contribution is -2.11. The number of thiophene rings is 1. The van der Waals surface area contributed by atoms with Crippen molar-refractivity contribution in [2.24, 2.45) is 5.73 Å². The topological polar surface area (TPSA) is 26.0 Å². The molecule has 1 atom stereocenters. The van der Waals surface area contributed by atoms with Gasteiger partial charge in [-0.3, -0.25) is 0 Å². The van der Waals surface area contributed by atoms with E-state index in [-0.39, 0.29) is 6.04 Å². The van der Waals surface area contributed by atoms with Crippen molar-refractivity contribution in [3.63, 3.8) is 0 Å². The summed E-state index contributed by atoms with van der Waals surface area (Å²) in [4.78, 5) is 2.95. The first-order valence-electron chi connectivity index (χ1n) is 7.15. The molecule has 0 saturated heterocycles. The molecule has 0 spiro atoms. The van der Waals surface area contributed by atoms with Crippen LogP contribution in [-0.4, -0.2) is 0 Å². The van der Waals surface area contributed by atoms with E-state index in [0.29, 0.717) is 0 Å². The summed E-state index contributed by atoms with van der Waals surface area (Å²) < 4.78 is 0. The predicted molar refractivity (Wildman–Crippen MR) is 82.8 cm³/mol. The molecule has 0 radical (unpaired) electrons. The van der Waals surface area contributed by atoms with Crippen molar-refractivity contribution in [2.45, 2.75) is 45.1 Å². The molecule has 1 nitrogen and oxygen atoms in total. The lowest BCUT2D eigenvalue weighted by molar-refractivity contribution is 0.695. The number of aryl methyl sites for hydroxylation is 3. The third kappa shape index (κ3) is 2.90. The van der Waals surface area contributed by atoms with Crippen LogP contribution in [0.2, 0.25) is 0 Å². The van der Waals surface area contributed by atoms with E-state index in [1.165, 1.54) is 41.7 Å². The zero-order chi connectivity index (χ0) is 13.2. The van der Waals surface area contributed by atoms with Gasteiger partial charge in [-0.05, 0) is 56.2 Å². The zero-order valence-electron chi connectivity index (χ0n) is 11.5. The number of rotatable bonds is 3. The van der Waals surface area contributed by atoms with Crippen molar-refractivity contribution in [3.05, 3.63) is 56.8 Å². The maximum Gasteiger partial charge on any atom is 0.0430 e. The maximum absolute atomic E-state index is 6.39. The van der Waals surface area contributed by atoms with Gasteiger partial charge in [-0.25, -0.2) is 0 Å². The first kappa shape index (κ1) is 12.9. The van der Waals surface area contributed by atoms with Crippen LogP contribution in [0.25, 0.3) is 0 Å². The van der Waals surface area contributed by atoms with Gasteiger partial charge < -0.3 is 5.73 Å². The van der Waals surface area contributed by atoms with Crippen LogP contribution in [0.5, 0.6) is 0 Å². The van der Waals surface area contributed by atoms with Crippen molar-refractivity contribution in [1.29, 1.82) is 0 Å². The Morgan fingerprint density at radius 2 is 1.89 bits per heavy atom. The smallest absolute Gasteiger partial charge is 0.0430 e. The molecule has 0 aliphatic heterocycles. The third-order valence-electron chi connectivity index (χ3n) is 3.96. The van der Waals surface area contributed by atoms with Gasteiger partial charge in [-0.1, -0.05) is 29.8 Å². The number of hydrogen-bond acceptors (Lipinski definition) is 2. The summed E-state index contributed by atoms with van der Waals surface area (Å²) in [6.45, 7) is 2.12.